The topological polar surface area (TPSA) is 76.2 Å². The maximum atomic E-state index is 13.8. The number of carbonyl (C=O) groups excluding carboxylic acids is 3. The van der Waals surface area contributed by atoms with Crippen molar-refractivity contribution in [2.24, 2.45) is 0 Å². The van der Waals surface area contributed by atoms with E-state index in [1.54, 1.807) is 29.1 Å². The van der Waals surface area contributed by atoms with Gasteiger partial charge in [0, 0.05) is 20.1 Å². The fraction of sp³-hybridized carbons (Fsp3) is 0.250. The van der Waals surface area contributed by atoms with Crippen molar-refractivity contribution in [2.75, 3.05) is 20.1 Å². The van der Waals surface area contributed by atoms with Crippen molar-refractivity contribution in [1.29, 1.82) is 0 Å². The third-order valence-electron chi connectivity index (χ3n) is 6.73. The third-order valence-corrected chi connectivity index (χ3v) is 6.73. The smallest absolute Gasteiger partial charge is 0.333 e. The molecule has 0 aromatic heterocycles. The Balaban J connectivity index is 1.47. The Hall–Kier alpha value is -4.24. The van der Waals surface area contributed by atoms with Crippen molar-refractivity contribution in [3.05, 3.63) is 107 Å². The van der Waals surface area contributed by atoms with Gasteiger partial charge >= 0.3 is 6.03 Å². The maximum Gasteiger partial charge on any atom is 0.334 e. The Labute approximate surface area is 214 Å². The SMILES string of the molecule is CN1CC(=O)N2[C@@H](c3ccccc3)C(=O)N(Cc3ccc(F)cc3)C[C@@H]2N1C(=O)NCc1ccccc1. The van der Waals surface area contributed by atoms with E-state index in [2.05, 4.69) is 5.32 Å². The maximum absolute atomic E-state index is 13.8. The highest BCUT2D eigenvalue weighted by Gasteiger charge is 2.51. The minimum atomic E-state index is -0.883. The van der Waals surface area contributed by atoms with Crippen LogP contribution in [0.4, 0.5) is 9.18 Å². The van der Waals surface area contributed by atoms with Crippen LogP contribution in [0.25, 0.3) is 0 Å². The quantitative estimate of drug-likeness (QED) is 0.583. The monoisotopic (exact) mass is 501 g/mol. The summed E-state index contributed by atoms with van der Waals surface area (Å²) in [6, 6.07) is 23.4. The molecule has 8 nitrogen and oxygen atoms in total. The van der Waals surface area contributed by atoms with Gasteiger partial charge in [-0.1, -0.05) is 72.8 Å². The second-order valence-corrected chi connectivity index (χ2v) is 9.24. The van der Waals surface area contributed by atoms with Gasteiger partial charge in [0.1, 0.15) is 18.0 Å². The summed E-state index contributed by atoms with van der Waals surface area (Å²) in [5.74, 6) is -0.833. The van der Waals surface area contributed by atoms with Crippen LogP contribution in [0.15, 0.2) is 84.9 Å². The van der Waals surface area contributed by atoms with E-state index in [1.807, 2.05) is 60.7 Å². The molecule has 37 heavy (non-hydrogen) atoms. The van der Waals surface area contributed by atoms with Crippen LogP contribution in [0.3, 0.4) is 0 Å². The molecule has 0 radical (unpaired) electrons. The van der Waals surface area contributed by atoms with Crippen LogP contribution in [0.2, 0.25) is 0 Å². The summed E-state index contributed by atoms with van der Waals surface area (Å²) in [7, 11) is 1.69. The van der Waals surface area contributed by atoms with Crippen LogP contribution in [0.5, 0.6) is 0 Å². The zero-order valence-electron chi connectivity index (χ0n) is 20.5. The Morgan fingerprint density at radius 2 is 1.57 bits per heavy atom. The number of fused-ring (bicyclic) bond motifs is 1. The molecule has 0 bridgehead atoms. The van der Waals surface area contributed by atoms with Gasteiger partial charge in [0.2, 0.25) is 5.91 Å². The molecule has 2 atom stereocenters. The lowest BCUT2D eigenvalue weighted by atomic mass is 9.98. The van der Waals surface area contributed by atoms with Gasteiger partial charge in [0.05, 0.1) is 13.1 Å². The molecule has 0 aliphatic carbocycles. The first-order valence-electron chi connectivity index (χ1n) is 12.1. The fourth-order valence-corrected chi connectivity index (χ4v) is 4.96. The highest BCUT2D eigenvalue weighted by Crippen LogP contribution is 2.35. The molecule has 2 heterocycles. The van der Waals surface area contributed by atoms with E-state index < -0.39 is 12.2 Å². The molecule has 5 rings (SSSR count). The van der Waals surface area contributed by atoms with Crippen molar-refractivity contribution >= 4 is 17.8 Å². The van der Waals surface area contributed by atoms with Gasteiger partial charge in [-0.05, 0) is 28.8 Å². The average molecular weight is 502 g/mol. The van der Waals surface area contributed by atoms with Crippen LogP contribution < -0.4 is 5.32 Å². The summed E-state index contributed by atoms with van der Waals surface area (Å²) < 4.78 is 13.5. The predicted octanol–water partition coefficient (Wildman–Crippen LogP) is 3.14. The molecule has 0 spiro atoms. The number of urea groups is 1. The largest absolute Gasteiger partial charge is 0.334 e. The van der Waals surface area contributed by atoms with Crippen LogP contribution in [0, 0.1) is 5.82 Å². The van der Waals surface area contributed by atoms with Gasteiger partial charge in [0.25, 0.3) is 5.91 Å². The van der Waals surface area contributed by atoms with E-state index in [-0.39, 0.29) is 43.3 Å². The van der Waals surface area contributed by atoms with Gasteiger partial charge < -0.3 is 15.1 Å². The van der Waals surface area contributed by atoms with E-state index in [0.717, 1.165) is 11.1 Å². The standard InChI is InChI=1S/C28H28FN5O3/c1-31-19-25(35)33-24(34(31)28(37)30-16-20-8-4-2-5-9-20)18-32(17-21-12-14-23(29)15-13-21)27(36)26(33)22-10-6-3-7-11-22/h2-15,24,26H,16-19H2,1H3,(H,30,37)/t24-,26-/m0/s1. The lowest BCUT2D eigenvalue weighted by Gasteiger charge is -2.54. The van der Waals surface area contributed by atoms with Crippen molar-refractivity contribution in [1.82, 2.24) is 25.1 Å². The molecule has 3 aromatic carbocycles. The van der Waals surface area contributed by atoms with Crippen molar-refractivity contribution in [3.63, 3.8) is 0 Å². The molecule has 1 N–H and O–H groups in total. The van der Waals surface area contributed by atoms with Gasteiger partial charge in [-0.15, -0.1) is 0 Å². The first-order chi connectivity index (χ1) is 17.9. The minimum Gasteiger partial charge on any atom is -0.333 e. The van der Waals surface area contributed by atoms with Gasteiger partial charge in [-0.25, -0.2) is 19.2 Å². The summed E-state index contributed by atoms with van der Waals surface area (Å²) in [4.78, 5) is 43.7. The average Bonchev–Trinajstić information content (AvgIpc) is 2.90. The summed E-state index contributed by atoms with van der Waals surface area (Å²) >= 11 is 0. The minimum absolute atomic E-state index is 0.0379. The summed E-state index contributed by atoms with van der Waals surface area (Å²) in [5, 5.41) is 6.06. The number of amides is 4. The molecule has 190 valence electrons. The number of benzene rings is 3. The second kappa shape index (κ2) is 10.4. The van der Waals surface area contributed by atoms with E-state index in [1.165, 1.54) is 22.0 Å². The van der Waals surface area contributed by atoms with E-state index in [9.17, 15) is 18.8 Å². The van der Waals surface area contributed by atoms with E-state index in [4.69, 9.17) is 0 Å². The van der Waals surface area contributed by atoms with Crippen LogP contribution >= 0.6 is 0 Å². The molecular weight excluding hydrogens is 473 g/mol. The first-order valence-corrected chi connectivity index (χ1v) is 12.1. The number of carbonyl (C=O) groups is 3. The predicted molar refractivity (Wildman–Crippen MR) is 135 cm³/mol. The number of hydrogen-bond donors (Lipinski definition) is 1. The van der Waals surface area contributed by atoms with E-state index >= 15 is 0 Å². The molecular formula is C28H28FN5O3. The molecule has 4 amide bonds. The highest BCUT2D eigenvalue weighted by molar-refractivity contribution is 5.92. The number of piperazine rings is 1. The summed E-state index contributed by atoms with van der Waals surface area (Å²) in [6.45, 7) is 0.632. The summed E-state index contributed by atoms with van der Waals surface area (Å²) in [5.41, 5.74) is 2.37. The lowest BCUT2D eigenvalue weighted by molar-refractivity contribution is -0.188. The molecule has 2 aliphatic heterocycles. The summed E-state index contributed by atoms with van der Waals surface area (Å²) in [6.07, 6.45) is -0.717. The van der Waals surface area contributed by atoms with Gasteiger partial charge in [0.15, 0.2) is 0 Å². The Bertz CT molecular complexity index is 1270. The zero-order chi connectivity index (χ0) is 25.9. The van der Waals surface area contributed by atoms with Crippen LogP contribution in [0.1, 0.15) is 22.7 Å². The van der Waals surface area contributed by atoms with Gasteiger partial charge in [-0.3, -0.25) is 9.59 Å². The number of hydrogen-bond acceptors (Lipinski definition) is 4. The van der Waals surface area contributed by atoms with E-state index in [0.29, 0.717) is 12.1 Å². The number of nitrogens with zero attached hydrogens (tertiary/aromatic N) is 4. The van der Waals surface area contributed by atoms with Gasteiger partial charge in [-0.2, -0.15) is 0 Å². The Morgan fingerprint density at radius 3 is 2.24 bits per heavy atom. The number of hydrazine groups is 1. The number of nitrogens with one attached hydrogen (secondary N) is 1. The molecule has 3 aromatic rings. The van der Waals surface area contributed by atoms with Crippen molar-refractivity contribution < 1.29 is 18.8 Å². The first kappa shape index (κ1) is 24.5. The molecule has 2 fully saturated rings. The van der Waals surface area contributed by atoms with Crippen molar-refractivity contribution in [2.45, 2.75) is 25.3 Å². The number of likely N-dealkylation sites (N-methyl/N-ethyl adjacent to an activating group) is 1. The Morgan fingerprint density at radius 1 is 0.919 bits per heavy atom. The third kappa shape index (κ3) is 5.03. The molecule has 2 saturated heterocycles. The fourth-order valence-electron chi connectivity index (χ4n) is 4.96. The molecule has 9 heteroatoms. The lowest BCUT2D eigenvalue weighted by Crippen LogP contribution is -2.73. The Kier molecular flexibility index (Phi) is 6.87. The van der Waals surface area contributed by atoms with Crippen molar-refractivity contribution in [3.8, 4) is 0 Å². The molecule has 0 saturated carbocycles. The zero-order valence-corrected chi connectivity index (χ0v) is 20.5. The second-order valence-electron chi connectivity index (χ2n) is 9.24. The number of halogens is 1. The van der Waals surface area contributed by atoms with Crippen LogP contribution in [-0.4, -0.2) is 64.0 Å². The molecule has 0 unspecified atom stereocenters. The number of rotatable bonds is 5. The normalized spacial score (nSPS) is 20.1. The molecule has 2 aliphatic rings. The highest BCUT2D eigenvalue weighted by atomic mass is 19.1. The van der Waals surface area contributed by atoms with Crippen LogP contribution in [-0.2, 0) is 22.7 Å².